The molecule has 0 saturated carbocycles. The van der Waals surface area contributed by atoms with Gasteiger partial charge in [0.05, 0.1) is 5.69 Å². The standard InChI is InChI=1S/C15H16F2NP/c1-9-10(7-8-13(18)14(9)17)11-5-4-6-12(16)15(11)19(2)3/h4-8H,18H2,1-3H3. The molecule has 0 aromatic heterocycles. The molecule has 0 spiro atoms. The summed E-state index contributed by atoms with van der Waals surface area (Å²) < 4.78 is 27.9. The fourth-order valence-electron chi connectivity index (χ4n) is 2.18. The van der Waals surface area contributed by atoms with Crippen molar-refractivity contribution in [1.82, 2.24) is 0 Å². The van der Waals surface area contributed by atoms with E-state index in [2.05, 4.69) is 0 Å². The van der Waals surface area contributed by atoms with Crippen LogP contribution in [0, 0.1) is 18.6 Å². The number of anilines is 1. The minimum Gasteiger partial charge on any atom is -0.396 e. The predicted octanol–water partition coefficient (Wildman–Crippen LogP) is 3.89. The van der Waals surface area contributed by atoms with Crippen LogP contribution in [0.5, 0.6) is 0 Å². The van der Waals surface area contributed by atoms with Gasteiger partial charge in [-0.2, -0.15) is 0 Å². The summed E-state index contributed by atoms with van der Waals surface area (Å²) in [5.41, 5.74) is 7.59. The Kier molecular flexibility index (Phi) is 3.86. The lowest BCUT2D eigenvalue weighted by Crippen LogP contribution is -2.10. The van der Waals surface area contributed by atoms with E-state index in [9.17, 15) is 8.78 Å². The number of hydrogen-bond donors (Lipinski definition) is 1. The molecule has 0 aliphatic heterocycles. The Bertz CT molecular complexity index is 624. The van der Waals surface area contributed by atoms with Gasteiger partial charge < -0.3 is 5.73 Å². The van der Waals surface area contributed by atoms with Crippen LogP contribution in [0.2, 0.25) is 0 Å². The van der Waals surface area contributed by atoms with Crippen LogP contribution in [0.15, 0.2) is 30.3 Å². The Morgan fingerprint density at radius 3 is 2.32 bits per heavy atom. The minimum absolute atomic E-state index is 0.120. The van der Waals surface area contributed by atoms with Crippen molar-refractivity contribution in [2.45, 2.75) is 6.92 Å². The zero-order valence-corrected chi connectivity index (χ0v) is 12.1. The molecule has 100 valence electrons. The van der Waals surface area contributed by atoms with E-state index < -0.39 is 13.7 Å². The van der Waals surface area contributed by atoms with Gasteiger partial charge in [0, 0.05) is 5.30 Å². The number of nitrogens with two attached hydrogens (primary N) is 1. The Morgan fingerprint density at radius 2 is 1.68 bits per heavy atom. The largest absolute Gasteiger partial charge is 0.396 e. The molecule has 0 fully saturated rings. The maximum absolute atomic E-state index is 14.0. The molecule has 1 nitrogen and oxygen atoms in total. The fourth-order valence-corrected chi connectivity index (χ4v) is 3.36. The lowest BCUT2D eigenvalue weighted by atomic mass is 9.99. The summed E-state index contributed by atoms with van der Waals surface area (Å²) >= 11 is 0. The van der Waals surface area contributed by atoms with Crippen molar-refractivity contribution in [3.05, 3.63) is 47.5 Å². The Morgan fingerprint density at radius 1 is 1.00 bits per heavy atom. The van der Waals surface area contributed by atoms with Gasteiger partial charge in [-0.15, -0.1) is 0 Å². The number of hydrogen-bond acceptors (Lipinski definition) is 1. The van der Waals surface area contributed by atoms with Crippen molar-refractivity contribution in [2.75, 3.05) is 19.1 Å². The Balaban J connectivity index is 2.73. The Labute approximate surface area is 113 Å². The van der Waals surface area contributed by atoms with Gasteiger partial charge in [0.1, 0.15) is 11.6 Å². The van der Waals surface area contributed by atoms with Crippen molar-refractivity contribution in [3.63, 3.8) is 0 Å². The zero-order valence-electron chi connectivity index (χ0n) is 11.2. The van der Waals surface area contributed by atoms with E-state index in [4.69, 9.17) is 5.73 Å². The second-order valence-electron chi connectivity index (χ2n) is 4.67. The van der Waals surface area contributed by atoms with Crippen molar-refractivity contribution >= 4 is 18.9 Å². The number of rotatable bonds is 2. The van der Waals surface area contributed by atoms with Crippen LogP contribution in [0.4, 0.5) is 14.5 Å². The van der Waals surface area contributed by atoms with Gasteiger partial charge in [-0.3, -0.25) is 0 Å². The number of benzene rings is 2. The first-order valence-corrected chi connectivity index (χ1v) is 8.18. The van der Waals surface area contributed by atoms with Gasteiger partial charge in [-0.25, -0.2) is 8.78 Å². The van der Waals surface area contributed by atoms with Gasteiger partial charge in [0.15, 0.2) is 0 Å². The molecule has 2 rings (SSSR count). The highest BCUT2D eigenvalue weighted by molar-refractivity contribution is 7.64. The lowest BCUT2D eigenvalue weighted by Gasteiger charge is -2.16. The second-order valence-corrected chi connectivity index (χ2v) is 6.91. The van der Waals surface area contributed by atoms with Gasteiger partial charge in [0.2, 0.25) is 0 Å². The van der Waals surface area contributed by atoms with E-state index in [-0.39, 0.29) is 11.5 Å². The summed E-state index contributed by atoms with van der Waals surface area (Å²) in [6.07, 6.45) is 0. The molecule has 0 bridgehead atoms. The van der Waals surface area contributed by atoms with Crippen LogP contribution < -0.4 is 11.0 Å². The Hall–Kier alpha value is -1.47. The average Bonchev–Trinajstić information content (AvgIpc) is 2.35. The zero-order chi connectivity index (χ0) is 14.2. The normalized spacial score (nSPS) is 11.1. The molecule has 0 atom stereocenters. The summed E-state index contributed by atoms with van der Waals surface area (Å²) in [7, 11) is -0.619. The molecule has 0 aliphatic rings. The first-order chi connectivity index (χ1) is 8.93. The van der Waals surface area contributed by atoms with Gasteiger partial charge >= 0.3 is 0 Å². The van der Waals surface area contributed by atoms with E-state index in [1.54, 1.807) is 19.1 Å². The van der Waals surface area contributed by atoms with Crippen LogP contribution in [0.25, 0.3) is 11.1 Å². The predicted molar refractivity (Wildman–Crippen MR) is 79.3 cm³/mol. The molecule has 0 heterocycles. The SMILES string of the molecule is Cc1c(-c2cccc(F)c2P(C)C)ccc(N)c1F. The molecule has 2 N–H and O–H groups in total. The molecule has 2 aromatic carbocycles. The molecule has 0 radical (unpaired) electrons. The maximum Gasteiger partial charge on any atom is 0.149 e. The molecule has 19 heavy (non-hydrogen) atoms. The number of nitrogen functional groups attached to an aromatic ring is 1. The summed E-state index contributed by atoms with van der Waals surface area (Å²) in [5.74, 6) is -0.658. The molecule has 0 unspecified atom stereocenters. The molecular weight excluding hydrogens is 263 g/mol. The van der Waals surface area contributed by atoms with Gasteiger partial charge in [-0.1, -0.05) is 26.1 Å². The topological polar surface area (TPSA) is 26.0 Å². The van der Waals surface area contributed by atoms with Crippen LogP contribution >= 0.6 is 7.92 Å². The second kappa shape index (κ2) is 5.26. The maximum atomic E-state index is 14.0. The van der Waals surface area contributed by atoms with E-state index in [0.717, 1.165) is 5.56 Å². The molecule has 0 saturated heterocycles. The van der Waals surface area contributed by atoms with Crippen LogP contribution in [-0.4, -0.2) is 13.3 Å². The third-order valence-electron chi connectivity index (χ3n) is 3.14. The summed E-state index contributed by atoms with van der Waals surface area (Å²) in [4.78, 5) is 0. The summed E-state index contributed by atoms with van der Waals surface area (Å²) in [5, 5.41) is 0.671. The highest BCUT2D eigenvalue weighted by atomic mass is 31.1. The molecule has 2 aromatic rings. The number of halogens is 2. The molecule has 4 heteroatoms. The van der Waals surface area contributed by atoms with E-state index in [0.29, 0.717) is 16.4 Å². The van der Waals surface area contributed by atoms with Crippen molar-refractivity contribution in [2.24, 2.45) is 0 Å². The highest BCUT2D eigenvalue weighted by Gasteiger charge is 2.16. The van der Waals surface area contributed by atoms with Gasteiger partial charge in [-0.05, 0) is 49.1 Å². The molecule has 0 amide bonds. The molecular formula is C15H16F2NP. The van der Waals surface area contributed by atoms with Crippen LogP contribution in [0.3, 0.4) is 0 Å². The quantitative estimate of drug-likeness (QED) is 0.655. The first kappa shape index (κ1) is 14.0. The van der Waals surface area contributed by atoms with Gasteiger partial charge in [0.25, 0.3) is 0 Å². The highest BCUT2D eigenvalue weighted by Crippen LogP contribution is 2.35. The summed E-state index contributed by atoms with van der Waals surface area (Å²) in [6, 6.07) is 8.22. The molecule has 0 aliphatic carbocycles. The monoisotopic (exact) mass is 279 g/mol. The fraction of sp³-hybridized carbons (Fsp3) is 0.200. The lowest BCUT2D eigenvalue weighted by molar-refractivity contribution is 0.623. The smallest absolute Gasteiger partial charge is 0.149 e. The van der Waals surface area contributed by atoms with Crippen LogP contribution in [-0.2, 0) is 0 Å². The summed E-state index contributed by atoms with van der Waals surface area (Å²) in [6.45, 7) is 5.64. The van der Waals surface area contributed by atoms with Crippen molar-refractivity contribution in [3.8, 4) is 11.1 Å². The third-order valence-corrected chi connectivity index (χ3v) is 4.49. The van der Waals surface area contributed by atoms with E-state index >= 15 is 0 Å². The van der Waals surface area contributed by atoms with Crippen LogP contribution in [0.1, 0.15) is 5.56 Å². The van der Waals surface area contributed by atoms with Crippen molar-refractivity contribution < 1.29 is 8.78 Å². The average molecular weight is 279 g/mol. The van der Waals surface area contributed by atoms with E-state index in [1.165, 1.54) is 12.1 Å². The first-order valence-electron chi connectivity index (χ1n) is 5.94. The van der Waals surface area contributed by atoms with E-state index in [1.807, 2.05) is 19.4 Å². The minimum atomic E-state index is -0.619. The van der Waals surface area contributed by atoms with Crippen molar-refractivity contribution in [1.29, 1.82) is 0 Å². The third kappa shape index (κ3) is 2.48.